The summed E-state index contributed by atoms with van der Waals surface area (Å²) in [7, 11) is 0. The van der Waals surface area contributed by atoms with Gasteiger partial charge in [-0.2, -0.15) is 0 Å². The molecule has 0 amide bonds. The lowest BCUT2D eigenvalue weighted by Gasteiger charge is -2.24. The first kappa shape index (κ1) is 12.2. The van der Waals surface area contributed by atoms with Gasteiger partial charge in [0.25, 0.3) is 6.43 Å². The second-order valence-corrected chi connectivity index (χ2v) is 4.81. The molecule has 0 aromatic heterocycles. The SMILES string of the molecule is CC(C)(C)c1c(O)ccc(Cl)c1C(F)F. The molecule has 0 saturated heterocycles. The third kappa shape index (κ3) is 2.40. The van der Waals surface area contributed by atoms with Crippen molar-refractivity contribution in [2.75, 3.05) is 0 Å². The normalized spacial score (nSPS) is 12.2. The van der Waals surface area contributed by atoms with Gasteiger partial charge in [0.1, 0.15) is 5.75 Å². The van der Waals surface area contributed by atoms with Gasteiger partial charge in [-0.1, -0.05) is 32.4 Å². The summed E-state index contributed by atoms with van der Waals surface area (Å²) in [6, 6.07) is 2.63. The second-order valence-electron chi connectivity index (χ2n) is 4.41. The Kier molecular flexibility index (Phi) is 3.24. The third-order valence-electron chi connectivity index (χ3n) is 2.14. The molecule has 15 heavy (non-hydrogen) atoms. The molecule has 1 nitrogen and oxygen atoms in total. The van der Waals surface area contributed by atoms with E-state index in [-0.39, 0.29) is 21.9 Å². The van der Waals surface area contributed by atoms with Crippen LogP contribution in [-0.4, -0.2) is 5.11 Å². The second kappa shape index (κ2) is 3.97. The summed E-state index contributed by atoms with van der Waals surface area (Å²) in [6.07, 6.45) is -2.68. The monoisotopic (exact) mass is 234 g/mol. The van der Waals surface area contributed by atoms with Crippen LogP contribution in [0.15, 0.2) is 12.1 Å². The summed E-state index contributed by atoms with van der Waals surface area (Å²) in [4.78, 5) is 0. The van der Waals surface area contributed by atoms with E-state index in [0.717, 1.165) is 0 Å². The molecule has 1 rings (SSSR count). The number of halogens is 3. The average molecular weight is 235 g/mol. The maximum absolute atomic E-state index is 12.8. The predicted molar refractivity (Wildman–Crippen MR) is 56.8 cm³/mol. The topological polar surface area (TPSA) is 20.2 Å². The minimum absolute atomic E-state index is 0.00674. The van der Waals surface area contributed by atoms with Crippen molar-refractivity contribution in [3.05, 3.63) is 28.3 Å². The van der Waals surface area contributed by atoms with Crippen LogP contribution >= 0.6 is 11.6 Å². The van der Waals surface area contributed by atoms with Crippen molar-refractivity contribution >= 4 is 11.6 Å². The first-order valence-electron chi connectivity index (χ1n) is 4.55. The van der Waals surface area contributed by atoms with Gasteiger partial charge in [-0.25, -0.2) is 8.78 Å². The molecular weight excluding hydrogens is 222 g/mol. The van der Waals surface area contributed by atoms with Crippen molar-refractivity contribution in [3.63, 3.8) is 0 Å². The van der Waals surface area contributed by atoms with E-state index in [0.29, 0.717) is 0 Å². The van der Waals surface area contributed by atoms with E-state index < -0.39 is 11.8 Å². The van der Waals surface area contributed by atoms with Crippen molar-refractivity contribution in [1.29, 1.82) is 0 Å². The van der Waals surface area contributed by atoms with E-state index in [1.54, 1.807) is 20.8 Å². The van der Waals surface area contributed by atoms with Crippen LogP contribution in [0.2, 0.25) is 5.02 Å². The average Bonchev–Trinajstić information content (AvgIpc) is 2.05. The highest BCUT2D eigenvalue weighted by molar-refractivity contribution is 6.31. The maximum atomic E-state index is 12.8. The van der Waals surface area contributed by atoms with Crippen LogP contribution in [-0.2, 0) is 5.41 Å². The van der Waals surface area contributed by atoms with Crippen LogP contribution in [0.4, 0.5) is 8.78 Å². The predicted octanol–water partition coefficient (Wildman–Crippen LogP) is 4.28. The zero-order valence-electron chi connectivity index (χ0n) is 8.81. The zero-order chi connectivity index (χ0) is 11.8. The number of hydrogen-bond acceptors (Lipinski definition) is 1. The van der Waals surface area contributed by atoms with E-state index in [9.17, 15) is 13.9 Å². The van der Waals surface area contributed by atoms with Gasteiger partial charge in [0.15, 0.2) is 0 Å². The lowest BCUT2D eigenvalue weighted by Crippen LogP contribution is -2.15. The van der Waals surface area contributed by atoms with E-state index in [1.807, 2.05) is 0 Å². The quantitative estimate of drug-likeness (QED) is 0.769. The third-order valence-corrected chi connectivity index (χ3v) is 2.47. The van der Waals surface area contributed by atoms with Gasteiger partial charge < -0.3 is 5.11 Å². The summed E-state index contributed by atoms with van der Waals surface area (Å²) in [6.45, 7) is 5.26. The Morgan fingerprint density at radius 2 is 1.80 bits per heavy atom. The molecule has 0 saturated carbocycles. The number of rotatable bonds is 1. The van der Waals surface area contributed by atoms with Gasteiger partial charge in [0, 0.05) is 11.1 Å². The van der Waals surface area contributed by atoms with Crippen molar-refractivity contribution in [3.8, 4) is 5.75 Å². The molecule has 0 heterocycles. The molecule has 1 aromatic rings. The zero-order valence-corrected chi connectivity index (χ0v) is 9.57. The fourth-order valence-electron chi connectivity index (χ4n) is 1.58. The number of phenolic OH excluding ortho intramolecular Hbond substituents is 1. The van der Waals surface area contributed by atoms with Crippen LogP contribution in [0.1, 0.15) is 38.3 Å². The van der Waals surface area contributed by atoms with Crippen molar-refractivity contribution in [2.24, 2.45) is 0 Å². The van der Waals surface area contributed by atoms with Crippen molar-refractivity contribution < 1.29 is 13.9 Å². The Morgan fingerprint density at radius 3 is 2.13 bits per heavy atom. The molecule has 4 heteroatoms. The molecule has 0 atom stereocenters. The van der Waals surface area contributed by atoms with Gasteiger partial charge in [-0.3, -0.25) is 0 Å². The Morgan fingerprint density at radius 1 is 1.27 bits per heavy atom. The Labute approximate surface area is 92.7 Å². The lowest BCUT2D eigenvalue weighted by molar-refractivity contribution is 0.148. The van der Waals surface area contributed by atoms with Crippen LogP contribution in [0.3, 0.4) is 0 Å². The highest BCUT2D eigenvalue weighted by Gasteiger charge is 2.28. The largest absolute Gasteiger partial charge is 0.508 e. The fourth-order valence-corrected chi connectivity index (χ4v) is 1.82. The number of aromatic hydroxyl groups is 1. The standard InChI is InChI=1S/C11H13ClF2O/c1-11(2,3)9-7(15)5-4-6(12)8(9)10(13)14/h4-5,10,15H,1-3H3. The molecule has 0 aliphatic carbocycles. The fraction of sp³-hybridized carbons (Fsp3) is 0.455. The van der Waals surface area contributed by atoms with E-state index in [4.69, 9.17) is 11.6 Å². The van der Waals surface area contributed by atoms with Gasteiger partial charge in [-0.05, 0) is 17.5 Å². The maximum Gasteiger partial charge on any atom is 0.265 e. The number of phenols is 1. The minimum Gasteiger partial charge on any atom is -0.508 e. The lowest BCUT2D eigenvalue weighted by atomic mass is 9.83. The molecule has 0 unspecified atom stereocenters. The van der Waals surface area contributed by atoms with Crippen LogP contribution in [0, 0.1) is 0 Å². The molecular formula is C11H13ClF2O. The smallest absolute Gasteiger partial charge is 0.265 e. The molecule has 0 bridgehead atoms. The first-order valence-corrected chi connectivity index (χ1v) is 4.93. The first-order chi connectivity index (χ1) is 6.75. The Hall–Kier alpha value is -0.830. The molecule has 0 fully saturated rings. The number of alkyl halides is 2. The Bertz CT molecular complexity index is 370. The van der Waals surface area contributed by atoms with Crippen LogP contribution in [0.25, 0.3) is 0 Å². The molecule has 84 valence electrons. The van der Waals surface area contributed by atoms with Crippen molar-refractivity contribution in [1.82, 2.24) is 0 Å². The van der Waals surface area contributed by atoms with Crippen LogP contribution < -0.4 is 0 Å². The van der Waals surface area contributed by atoms with Gasteiger partial charge in [0.2, 0.25) is 0 Å². The van der Waals surface area contributed by atoms with E-state index >= 15 is 0 Å². The van der Waals surface area contributed by atoms with Gasteiger partial charge in [0.05, 0.1) is 5.02 Å². The molecule has 1 aromatic carbocycles. The highest BCUT2D eigenvalue weighted by atomic mass is 35.5. The number of hydrogen-bond donors (Lipinski definition) is 1. The minimum atomic E-state index is -2.68. The van der Waals surface area contributed by atoms with E-state index in [2.05, 4.69) is 0 Å². The highest BCUT2D eigenvalue weighted by Crippen LogP contribution is 2.41. The summed E-state index contributed by atoms with van der Waals surface area (Å²) >= 11 is 5.71. The molecule has 0 aliphatic heterocycles. The van der Waals surface area contributed by atoms with Gasteiger partial charge >= 0.3 is 0 Å². The summed E-state index contributed by atoms with van der Waals surface area (Å²) in [5, 5.41) is 9.60. The van der Waals surface area contributed by atoms with Crippen molar-refractivity contribution in [2.45, 2.75) is 32.6 Å². The molecule has 0 spiro atoms. The van der Waals surface area contributed by atoms with Gasteiger partial charge in [-0.15, -0.1) is 0 Å². The van der Waals surface area contributed by atoms with Crippen LogP contribution in [0.5, 0.6) is 5.75 Å². The summed E-state index contributed by atoms with van der Waals surface area (Å²) in [5.41, 5.74) is -0.630. The molecule has 0 aliphatic rings. The van der Waals surface area contributed by atoms with E-state index in [1.165, 1.54) is 12.1 Å². The molecule has 0 radical (unpaired) electrons. The number of benzene rings is 1. The summed E-state index contributed by atoms with van der Waals surface area (Å²) < 4.78 is 25.6. The molecule has 1 N–H and O–H groups in total. The Balaban J connectivity index is 3.53. The summed E-state index contributed by atoms with van der Waals surface area (Å²) in [5.74, 6) is -0.137.